The number of hydrogen-bond donors (Lipinski definition) is 1. The molecule has 1 aromatic carbocycles. The van der Waals surface area contributed by atoms with Gasteiger partial charge in [0.25, 0.3) is 0 Å². The number of benzene rings is 1. The minimum atomic E-state index is 0.0460. The van der Waals surface area contributed by atoms with Crippen LogP contribution in [0.5, 0.6) is 0 Å². The lowest BCUT2D eigenvalue weighted by Gasteiger charge is -2.02. The number of nitrogens with zero attached hydrogens (tertiary/aromatic N) is 1. The van der Waals surface area contributed by atoms with Gasteiger partial charge in [-0.05, 0) is 32.3 Å². The van der Waals surface area contributed by atoms with E-state index in [1.165, 1.54) is 16.9 Å². The highest BCUT2D eigenvalue weighted by molar-refractivity contribution is 7.15. The molecule has 0 bridgehead atoms. The average Bonchev–Trinajstić information content (AvgIpc) is 2.69. The molecule has 1 aromatic heterocycles. The summed E-state index contributed by atoms with van der Waals surface area (Å²) in [5.41, 5.74) is 2.26. The van der Waals surface area contributed by atoms with Crippen molar-refractivity contribution < 1.29 is 4.79 Å². The smallest absolute Gasteiger partial charge is 0.226 e. The van der Waals surface area contributed by atoms with Crippen LogP contribution in [0.4, 0.5) is 5.13 Å². The Kier molecular flexibility index (Phi) is 4.68. The fourth-order valence-corrected chi connectivity index (χ4v) is 2.64. The van der Waals surface area contributed by atoms with Gasteiger partial charge in [-0.1, -0.05) is 30.3 Å². The van der Waals surface area contributed by atoms with E-state index in [9.17, 15) is 4.79 Å². The first kappa shape index (κ1) is 13.7. The molecule has 1 amide bonds. The molecule has 0 saturated heterocycles. The molecule has 1 N–H and O–H groups in total. The van der Waals surface area contributed by atoms with Crippen LogP contribution >= 0.6 is 11.3 Å². The third-order valence-corrected chi connectivity index (χ3v) is 3.98. The molecule has 0 aliphatic rings. The number of aromatic nitrogens is 1. The first-order chi connectivity index (χ1) is 9.15. The van der Waals surface area contributed by atoms with Crippen molar-refractivity contribution in [1.29, 1.82) is 0 Å². The number of amides is 1. The first-order valence-corrected chi connectivity index (χ1v) is 7.24. The van der Waals surface area contributed by atoms with Crippen LogP contribution in [0.25, 0.3) is 0 Å². The highest BCUT2D eigenvalue weighted by atomic mass is 32.1. The van der Waals surface area contributed by atoms with Crippen molar-refractivity contribution in [3.05, 3.63) is 46.5 Å². The second-order valence-electron chi connectivity index (χ2n) is 4.55. The summed E-state index contributed by atoms with van der Waals surface area (Å²) in [7, 11) is 0. The molecule has 0 aliphatic carbocycles. The minimum Gasteiger partial charge on any atom is -0.302 e. The second kappa shape index (κ2) is 6.48. The fraction of sp³-hybridized carbons (Fsp3) is 0.333. The van der Waals surface area contributed by atoms with Crippen molar-refractivity contribution in [3.63, 3.8) is 0 Å². The summed E-state index contributed by atoms with van der Waals surface area (Å²) in [6, 6.07) is 10.2. The molecule has 1 heterocycles. The van der Waals surface area contributed by atoms with E-state index in [1.807, 2.05) is 32.0 Å². The topological polar surface area (TPSA) is 42.0 Å². The summed E-state index contributed by atoms with van der Waals surface area (Å²) in [6.07, 6.45) is 2.33. The molecule has 0 saturated carbocycles. The maximum atomic E-state index is 11.8. The summed E-state index contributed by atoms with van der Waals surface area (Å²) in [4.78, 5) is 17.2. The van der Waals surface area contributed by atoms with Gasteiger partial charge in [0.15, 0.2) is 5.13 Å². The molecule has 0 atom stereocenters. The zero-order valence-corrected chi connectivity index (χ0v) is 12.1. The molecule has 0 aliphatic heterocycles. The summed E-state index contributed by atoms with van der Waals surface area (Å²) >= 11 is 1.53. The second-order valence-corrected chi connectivity index (χ2v) is 5.75. The lowest BCUT2D eigenvalue weighted by molar-refractivity contribution is -0.116. The SMILES string of the molecule is Cc1nc(NC(=O)CCCc2ccccc2)sc1C. The van der Waals surface area contributed by atoms with Gasteiger partial charge in [0.05, 0.1) is 5.69 Å². The molecule has 0 unspecified atom stereocenters. The van der Waals surface area contributed by atoms with Gasteiger partial charge < -0.3 is 5.32 Å². The largest absolute Gasteiger partial charge is 0.302 e. The molecular weight excluding hydrogens is 256 g/mol. The number of carbonyl (C=O) groups is 1. The van der Waals surface area contributed by atoms with Gasteiger partial charge in [-0.2, -0.15) is 0 Å². The molecule has 2 rings (SSSR count). The van der Waals surface area contributed by atoms with Crippen molar-refractivity contribution in [2.24, 2.45) is 0 Å². The van der Waals surface area contributed by atoms with E-state index in [2.05, 4.69) is 22.4 Å². The van der Waals surface area contributed by atoms with E-state index in [4.69, 9.17) is 0 Å². The third kappa shape index (κ3) is 4.17. The van der Waals surface area contributed by atoms with E-state index in [0.29, 0.717) is 11.6 Å². The Morgan fingerprint density at radius 2 is 2.00 bits per heavy atom. The van der Waals surface area contributed by atoms with Gasteiger partial charge in [-0.25, -0.2) is 4.98 Å². The lowest BCUT2D eigenvalue weighted by Crippen LogP contribution is -2.11. The quantitative estimate of drug-likeness (QED) is 0.903. The van der Waals surface area contributed by atoms with Crippen LogP contribution in [0.15, 0.2) is 30.3 Å². The number of aryl methyl sites for hydroxylation is 3. The third-order valence-electron chi connectivity index (χ3n) is 2.99. The van der Waals surface area contributed by atoms with Crippen LogP contribution in [-0.4, -0.2) is 10.9 Å². The van der Waals surface area contributed by atoms with Crippen LogP contribution in [0.2, 0.25) is 0 Å². The fourth-order valence-electron chi connectivity index (χ4n) is 1.81. The number of anilines is 1. The van der Waals surface area contributed by atoms with E-state index in [1.54, 1.807) is 0 Å². The van der Waals surface area contributed by atoms with Crippen molar-refractivity contribution in [3.8, 4) is 0 Å². The molecule has 0 fully saturated rings. The van der Waals surface area contributed by atoms with E-state index in [-0.39, 0.29) is 5.91 Å². The zero-order valence-electron chi connectivity index (χ0n) is 11.3. The van der Waals surface area contributed by atoms with Gasteiger partial charge in [0.2, 0.25) is 5.91 Å². The van der Waals surface area contributed by atoms with Crippen LogP contribution in [0.3, 0.4) is 0 Å². The van der Waals surface area contributed by atoms with E-state index >= 15 is 0 Å². The Bertz CT molecular complexity index is 529. The van der Waals surface area contributed by atoms with Crippen LogP contribution < -0.4 is 5.32 Å². The maximum Gasteiger partial charge on any atom is 0.226 e. The van der Waals surface area contributed by atoms with Crippen LogP contribution in [0, 0.1) is 13.8 Å². The van der Waals surface area contributed by atoms with Gasteiger partial charge in [0.1, 0.15) is 0 Å². The molecule has 19 heavy (non-hydrogen) atoms. The van der Waals surface area contributed by atoms with Gasteiger partial charge in [0, 0.05) is 11.3 Å². The predicted molar refractivity (Wildman–Crippen MR) is 79.6 cm³/mol. The maximum absolute atomic E-state index is 11.8. The van der Waals surface area contributed by atoms with Crippen LogP contribution in [-0.2, 0) is 11.2 Å². The van der Waals surface area contributed by atoms with Crippen molar-refractivity contribution in [1.82, 2.24) is 4.98 Å². The van der Waals surface area contributed by atoms with Gasteiger partial charge in [-0.3, -0.25) is 4.79 Å². The Morgan fingerprint density at radius 1 is 1.26 bits per heavy atom. The summed E-state index contributed by atoms with van der Waals surface area (Å²) in [5.74, 6) is 0.0460. The first-order valence-electron chi connectivity index (χ1n) is 6.43. The van der Waals surface area contributed by atoms with E-state index in [0.717, 1.165) is 23.4 Å². The summed E-state index contributed by atoms with van der Waals surface area (Å²) < 4.78 is 0. The Labute approximate surface area is 117 Å². The number of thiazole rings is 1. The average molecular weight is 274 g/mol. The normalized spacial score (nSPS) is 10.4. The molecule has 0 spiro atoms. The molecule has 4 heteroatoms. The Morgan fingerprint density at radius 3 is 2.63 bits per heavy atom. The number of carbonyl (C=O) groups excluding carboxylic acids is 1. The lowest BCUT2D eigenvalue weighted by atomic mass is 10.1. The Balaban J connectivity index is 1.76. The predicted octanol–water partition coefficient (Wildman–Crippen LogP) is 3.72. The molecule has 2 aromatic rings. The molecule has 0 radical (unpaired) electrons. The van der Waals surface area contributed by atoms with Gasteiger partial charge in [-0.15, -0.1) is 11.3 Å². The standard InChI is InChI=1S/C15H18N2OS/c1-11-12(2)19-15(16-11)17-14(18)10-6-9-13-7-4-3-5-8-13/h3-5,7-8H,6,9-10H2,1-2H3,(H,16,17,18). The number of rotatable bonds is 5. The molecule has 100 valence electrons. The molecule has 3 nitrogen and oxygen atoms in total. The minimum absolute atomic E-state index is 0.0460. The number of nitrogens with one attached hydrogen (secondary N) is 1. The highest BCUT2D eigenvalue weighted by Crippen LogP contribution is 2.21. The van der Waals surface area contributed by atoms with Crippen molar-refractivity contribution in [2.45, 2.75) is 33.1 Å². The van der Waals surface area contributed by atoms with Crippen molar-refractivity contribution >= 4 is 22.4 Å². The molecular formula is C15H18N2OS. The summed E-state index contributed by atoms with van der Waals surface area (Å²) in [6.45, 7) is 3.97. The van der Waals surface area contributed by atoms with Crippen LogP contribution in [0.1, 0.15) is 29.0 Å². The highest BCUT2D eigenvalue weighted by Gasteiger charge is 2.07. The van der Waals surface area contributed by atoms with E-state index < -0.39 is 0 Å². The zero-order chi connectivity index (χ0) is 13.7. The Hall–Kier alpha value is -1.68. The van der Waals surface area contributed by atoms with Crippen molar-refractivity contribution in [2.75, 3.05) is 5.32 Å². The number of hydrogen-bond acceptors (Lipinski definition) is 3. The van der Waals surface area contributed by atoms with Gasteiger partial charge >= 0.3 is 0 Å². The monoisotopic (exact) mass is 274 g/mol. The summed E-state index contributed by atoms with van der Waals surface area (Å²) in [5, 5.41) is 3.57.